The van der Waals surface area contributed by atoms with Gasteiger partial charge in [-0.05, 0) is 25.5 Å². The Bertz CT molecular complexity index is 591. The van der Waals surface area contributed by atoms with Gasteiger partial charge < -0.3 is 9.88 Å². The monoisotopic (exact) mass is 274 g/mol. The topological polar surface area (TPSA) is 59.0 Å². The molecule has 5 nitrogen and oxygen atoms in total. The van der Waals surface area contributed by atoms with Crippen LogP contribution in [0.3, 0.4) is 0 Å². The number of benzene rings is 1. The lowest BCUT2D eigenvalue weighted by molar-refractivity contribution is -0.122. The summed E-state index contributed by atoms with van der Waals surface area (Å²) in [5.74, 6) is 0.965. The van der Waals surface area contributed by atoms with E-state index in [9.17, 15) is 4.79 Å². The van der Waals surface area contributed by atoms with E-state index in [0.717, 1.165) is 29.8 Å². The minimum Gasteiger partial charge on any atom is -0.355 e. The number of carbonyl (C=O) groups is 1. The first-order valence-electron chi connectivity index (χ1n) is 7.05. The normalized spacial score (nSPS) is 12.6. The van der Waals surface area contributed by atoms with E-state index in [1.807, 2.05) is 45.2 Å². The number of carbonyl (C=O) groups excluding carboxylic acids is 1. The van der Waals surface area contributed by atoms with Crippen molar-refractivity contribution >= 4 is 16.9 Å². The lowest BCUT2D eigenvalue weighted by atomic mass is 10.3. The van der Waals surface area contributed by atoms with Crippen LogP contribution in [-0.4, -0.2) is 28.0 Å². The van der Waals surface area contributed by atoms with Gasteiger partial charge in [0, 0.05) is 13.6 Å². The van der Waals surface area contributed by atoms with Crippen molar-refractivity contribution in [3.63, 3.8) is 0 Å². The Morgan fingerprint density at radius 2 is 2.15 bits per heavy atom. The highest BCUT2D eigenvalue weighted by Gasteiger charge is 2.13. The Hall–Kier alpha value is -1.88. The van der Waals surface area contributed by atoms with Gasteiger partial charge in [-0.2, -0.15) is 0 Å². The van der Waals surface area contributed by atoms with Crippen molar-refractivity contribution in [1.82, 2.24) is 20.2 Å². The summed E-state index contributed by atoms with van der Waals surface area (Å²) < 4.78 is 2.05. The lowest BCUT2D eigenvalue weighted by Gasteiger charge is -2.13. The van der Waals surface area contributed by atoms with Crippen LogP contribution in [0.2, 0.25) is 0 Å². The SMILES string of the molecule is CCCNC(=O)C(C)NCc1nc2ccccc2n1C. The number of para-hydroxylation sites is 2. The summed E-state index contributed by atoms with van der Waals surface area (Å²) >= 11 is 0. The number of nitrogens with zero attached hydrogens (tertiary/aromatic N) is 2. The number of nitrogens with one attached hydrogen (secondary N) is 2. The molecule has 108 valence electrons. The van der Waals surface area contributed by atoms with Crippen LogP contribution >= 0.6 is 0 Å². The minimum absolute atomic E-state index is 0.0330. The molecule has 2 N–H and O–H groups in total. The molecule has 2 rings (SSSR count). The van der Waals surface area contributed by atoms with Gasteiger partial charge in [0.15, 0.2) is 0 Å². The van der Waals surface area contributed by atoms with Gasteiger partial charge in [0.2, 0.25) is 5.91 Å². The Morgan fingerprint density at radius 3 is 2.85 bits per heavy atom. The van der Waals surface area contributed by atoms with Crippen LogP contribution in [0, 0.1) is 0 Å². The minimum atomic E-state index is -0.221. The van der Waals surface area contributed by atoms with Gasteiger partial charge in [0.25, 0.3) is 0 Å². The van der Waals surface area contributed by atoms with E-state index in [0.29, 0.717) is 6.54 Å². The third-order valence-corrected chi connectivity index (χ3v) is 3.39. The van der Waals surface area contributed by atoms with E-state index in [1.54, 1.807) is 0 Å². The van der Waals surface area contributed by atoms with Crippen molar-refractivity contribution in [1.29, 1.82) is 0 Å². The maximum Gasteiger partial charge on any atom is 0.236 e. The average Bonchev–Trinajstić information content (AvgIpc) is 2.79. The molecule has 5 heteroatoms. The smallest absolute Gasteiger partial charge is 0.236 e. The van der Waals surface area contributed by atoms with Crippen LogP contribution in [0.5, 0.6) is 0 Å². The first kappa shape index (κ1) is 14.5. The summed E-state index contributed by atoms with van der Waals surface area (Å²) in [6.07, 6.45) is 0.948. The summed E-state index contributed by atoms with van der Waals surface area (Å²) in [7, 11) is 1.99. The van der Waals surface area contributed by atoms with Crippen LogP contribution < -0.4 is 10.6 Å². The van der Waals surface area contributed by atoms with Crippen molar-refractivity contribution in [3.8, 4) is 0 Å². The molecule has 1 unspecified atom stereocenters. The highest BCUT2D eigenvalue weighted by atomic mass is 16.2. The maximum absolute atomic E-state index is 11.8. The van der Waals surface area contributed by atoms with Crippen molar-refractivity contribution in [2.45, 2.75) is 32.9 Å². The zero-order valence-electron chi connectivity index (χ0n) is 12.3. The molecule has 0 saturated heterocycles. The van der Waals surface area contributed by atoms with E-state index in [4.69, 9.17) is 0 Å². The molecule has 0 fully saturated rings. The summed E-state index contributed by atoms with van der Waals surface area (Å²) in [5.41, 5.74) is 2.09. The Kier molecular flexibility index (Phi) is 4.74. The Balaban J connectivity index is 1.99. The standard InChI is InChI=1S/C15H22N4O/c1-4-9-16-15(20)11(2)17-10-14-18-12-7-5-6-8-13(12)19(14)3/h5-8,11,17H,4,9-10H2,1-3H3,(H,16,20). The maximum atomic E-state index is 11.8. The number of hydrogen-bond acceptors (Lipinski definition) is 3. The molecule has 0 aliphatic carbocycles. The van der Waals surface area contributed by atoms with Crippen molar-refractivity contribution in [2.75, 3.05) is 6.54 Å². The predicted octanol–water partition coefficient (Wildman–Crippen LogP) is 1.58. The molecule has 20 heavy (non-hydrogen) atoms. The lowest BCUT2D eigenvalue weighted by Crippen LogP contribution is -2.42. The molecule has 1 aromatic heterocycles. The van der Waals surface area contributed by atoms with E-state index in [2.05, 4.69) is 20.2 Å². The number of fused-ring (bicyclic) bond motifs is 1. The first-order chi connectivity index (χ1) is 9.63. The highest BCUT2D eigenvalue weighted by molar-refractivity contribution is 5.81. The molecule has 0 radical (unpaired) electrons. The van der Waals surface area contributed by atoms with Crippen LogP contribution in [0.4, 0.5) is 0 Å². The van der Waals surface area contributed by atoms with E-state index in [-0.39, 0.29) is 11.9 Å². The molecule has 0 saturated carbocycles. The fourth-order valence-corrected chi connectivity index (χ4v) is 2.09. The Labute approximate surface area is 119 Å². The van der Waals surface area contributed by atoms with E-state index in [1.165, 1.54) is 0 Å². The van der Waals surface area contributed by atoms with Gasteiger partial charge >= 0.3 is 0 Å². The quantitative estimate of drug-likeness (QED) is 0.841. The third-order valence-electron chi connectivity index (χ3n) is 3.39. The van der Waals surface area contributed by atoms with Crippen molar-refractivity contribution in [2.24, 2.45) is 7.05 Å². The van der Waals surface area contributed by atoms with Gasteiger partial charge in [-0.1, -0.05) is 19.1 Å². The molecule has 0 spiro atoms. The van der Waals surface area contributed by atoms with E-state index >= 15 is 0 Å². The number of aromatic nitrogens is 2. The third kappa shape index (κ3) is 3.17. The number of imidazole rings is 1. The summed E-state index contributed by atoms with van der Waals surface area (Å²) in [6, 6.07) is 7.80. The molecule has 1 amide bonds. The molecule has 1 aromatic carbocycles. The van der Waals surface area contributed by atoms with E-state index < -0.39 is 0 Å². The summed E-state index contributed by atoms with van der Waals surface area (Å²) in [4.78, 5) is 16.4. The molecule has 1 atom stereocenters. The number of amides is 1. The molecule has 1 heterocycles. The zero-order valence-corrected chi connectivity index (χ0v) is 12.3. The summed E-state index contributed by atoms with van der Waals surface area (Å²) in [5, 5.41) is 6.09. The summed E-state index contributed by atoms with van der Waals surface area (Å²) in [6.45, 7) is 5.20. The Morgan fingerprint density at radius 1 is 1.40 bits per heavy atom. The molecule has 0 bridgehead atoms. The zero-order chi connectivity index (χ0) is 14.5. The number of aryl methyl sites for hydroxylation is 1. The number of hydrogen-bond donors (Lipinski definition) is 2. The van der Waals surface area contributed by atoms with Crippen molar-refractivity contribution in [3.05, 3.63) is 30.1 Å². The first-order valence-corrected chi connectivity index (χ1v) is 7.05. The molecule has 0 aliphatic rings. The largest absolute Gasteiger partial charge is 0.355 e. The highest BCUT2D eigenvalue weighted by Crippen LogP contribution is 2.13. The second-order valence-electron chi connectivity index (χ2n) is 4.97. The van der Waals surface area contributed by atoms with Gasteiger partial charge in [-0.25, -0.2) is 4.98 Å². The molecule has 2 aromatic rings. The van der Waals surface area contributed by atoms with Crippen LogP contribution in [0.25, 0.3) is 11.0 Å². The fraction of sp³-hybridized carbons (Fsp3) is 0.467. The van der Waals surface area contributed by atoms with Crippen LogP contribution in [-0.2, 0) is 18.4 Å². The number of rotatable bonds is 6. The van der Waals surface area contributed by atoms with Crippen LogP contribution in [0.15, 0.2) is 24.3 Å². The van der Waals surface area contributed by atoms with Crippen LogP contribution in [0.1, 0.15) is 26.1 Å². The second-order valence-corrected chi connectivity index (χ2v) is 4.97. The molecular formula is C15H22N4O. The van der Waals surface area contributed by atoms with Gasteiger partial charge in [0.1, 0.15) is 5.82 Å². The van der Waals surface area contributed by atoms with Gasteiger partial charge in [-0.15, -0.1) is 0 Å². The average molecular weight is 274 g/mol. The molecule has 0 aliphatic heterocycles. The van der Waals surface area contributed by atoms with Gasteiger partial charge in [-0.3, -0.25) is 10.1 Å². The molecular weight excluding hydrogens is 252 g/mol. The fourth-order valence-electron chi connectivity index (χ4n) is 2.09. The van der Waals surface area contributed by atoms with Crippen molar-refractivity contribution < 1.29 is 4.79 Å². The second kappa shape index (κ2) is 6.52. The predicted molar refractivity (Wildman–Crippen MR) is 80.3 cm³/mol. The van der Waals surface area contributed by atoms with Gasteiger partial charge in [0.05, 0.1) is 23.6 Å².